The van der Waals surface area contributed by atoms with Crippen LogP contribution in [0.2, 0.25) is 0 Å². The molecule has 0 fully saturated rings. The molecule has 1 aliphatic rings. The van der Waals surface area contributed by atoms with Crippen LogP contribution in [0.5, 0.6) is 11.5 Å². The van der Waals surface area contributed by atoms with Crippen LogP contribution in [0.3, 0.4) is 0 Å². The fourth-order valence-corrected chi connectivity index (χ4v) is 3.48. The fourth-order valence-electron chi connectivity index (χ4n) is 3.48. The van der Waals surface area contributed by atoms with E-state index in [2.05, 4.69) is 17.1 Å². The average molecular weight is 438 g/mol. The monoisotopic (exact) mass is 438 g/mol. The number of rotatable bonds is 9. The number of ether oxygens (including phenoxy) is 2. The molecule has 0 aliphatic carbocycles. The van der Waals surface area contributed by atoms with Crippen LogP contribution < -0.4 is 14.8 Å². The van der Waals surface area contributed by atoms with E-state index < -0.39 is 23.9 Å². The summed E-state index contributed by atoms with van der Waals surface area (Å²) in [4.78, 5) is 30.2. The van der Waals surface area contributed by atoms with E-state index in [0.29, 0.717) is 35.1 Å². The Labute approximate surface area is 186 Å². The van der Waals surface area contributed by atoms with E-state index in [0.717, 1.165) is 11.1 Å². The lowest BCUT2D eigenvalue weighted by Crippen LogP contribution is -2.45. The van der Waals surface area contributed by atoms with Crippen LogP contribution >= 0.6 is 0 Å². The number of carbonyl (C=O) groups excluding carboxylic acids is 1. The molecule has 1 amide bonds. The van der Waals surface area contributed by atoms with Crippen LogP contribution in [-0.2, 0) is 14.4 Å². The molecular formula is C24H26N2O6. The maximum absolute atomic E-state index is 13.2. The van der Waals surface area contributed by atoms with Crippen LogP contribution in [0.1, 0.15) is 29.5 Å². The van der Waals surface area contributed by atoms with Crippen LogP contribution in [0, 0.1) is 13.8 Å². The summed E-state index contributed by atoms with van der Waals surface area (Å²) in [5.74, 6) is -0.728. The summed E-state index contributed by atoms with van der Waals surface area (Å²) in [7, 11) is 1.51. The highest BCUT2D eigenvalue weighted by atomic mass is 16.7. The molecule has 8 heteroatoms. The number of carbonyl (C=O) groups is 2. The summed E-state index contributed by atoms with van der Waals surface area (Å²) in [6.07, 6.45) is 1.08. The number of nitrogens with zero attached hydrogens (tertiary/aromatic N) is 1. The fraction of sp³-hybridized carbons (Fsp3) is 0.292. The molecule has 2 aromatic rings. The van der Waals surface area contributed by atoms with Crippen molar-refractivity contribution in [2.75, 3.05) is 19.0 Å². The topological polar surface area (TPSA) is 106 Å². The van der Waals surface area contributed by atoms with Gasteiger partial charge in [-0.3, -0.25) is 9.59 Å². The first-order valence-corrected chi connectivity index (χ1v) is 10.1. The van der Waals surface area contributed by atoms with Crippen molar-refractivity contribution in [3.63, 3.8) is 0 Å². The Bertz CT molecular complexity index is 1080. The summed E-state index contributed by atoms with van der Waals surface area (Å²) in [6.45, 7) is 7.76. The highest BCUT2D eigenvalue weighted by Gasteiger charge is 2.49. The summed E-state index contributed by atoms with van der Waals surface area (Å²) >= 11 is 0. The van der Waals surface area contributed by atoms with Gasteiger partial charge in [0.1, 0.15) is 6.61 Å². The smallest absolute Gasteiger partial charge is 0.308 e. The third kappa shape index (κ3) is 4.91. The number of amides is 1. The molecule has 1 heterocycles. The number of aliphatic carboxylic acids is 1. The number of carboxylic acids is 1. The Balaban J connectivity index is 1.85. The Kier molecular flexibility index (Phi) is 6.82. The van der Waals surface area contributed by atoms with E-state index in [9.17, 15) is 14.7 Å². The van der Waals surface area contributed by atoms with Gasteiger partial charge in [-0.1, -0.05) is 35.5 Å². The summed E-state index contributed by atoms with van der Waals surface area (Å²) in [6, 6.07) is 10.8. The second-order valence-electron chi connectivity index (χ2n) is 7.61. The lowest BCUT2D eigenvalue weighted by molar-refractivity contribution is -0.152. The Morgan fingerprint density at radius 1 is 1.25 bits per heavy atom. The van der Waals surface area contributed by atoms with Crippen molar-refractivity contribution in [2.24, 2.45) is 5.16 Å². The van der Waals surface area contributed by atoms with Crippen molar-refractivity contribution in [1.82, 2.24) is 0 Å². The molecule has 0 saturated carbocycles. The second-order valence-corrected chi connectivity index (χ2v) is 7.61. The van der Waals surface area contributed by atoms with Gasteiger partial charge in [0.2, 0.25) is 5.60 Å². The van der Waals surface area contributed by atoms with E-state index >= 15 is 0 Å². The molecular weight excluding hydrogens is 412 g/mol. The number of nitrogens with one attached hydrogen (secondary N) is 1. The maximum Gasteiger partial charge on any atom is 0.308 e. The first-order chi connectivity index (χ1) is 15.3. The van der Waals surface area contributed by atoms with Crippen molar-refractivity contribution < 1.29 is 29.0 Å². The zero-order valence-corrected chi connectivity index (χ0v) is 18.3. The zero-order chi connectivity index (χ0) is 23.3. The quantitative estimate of drug-likeness (QED) is 0.576. The van der Waals surface area contributed by atoms with Gasteiger partial charge in [0.25, 0.3) is 5.91 Å². The van der Waals surface area contributed by atoms with E-state index in [1.165, 1.54) is 7.11 Å². The van der Waals surface area contributed by atoms with Crippen molar-refractivity contribution in [3.8, 4) is 11.5 Å². The molecule has 2 N–H and O–H groups in total. The number of benzene rings is 2. The van der Waals surface area contributed by atoms with E-state index in [1.54, 1.807) is 30.3 Å². The van der Waals surface area contributed by atoms with Crippen molar-refractivity contribution in [3.05, 3.63) is 65.7 Å². The number of oxime groups is 1. The van der Waals surface area contributed by atoms with Crippen LogP contribution in [-0.4, -0.2) is 42.0 Å². The van der Waals surface area contributed by atoms with Gasteiger partial charge >= 0.3 is 5.97 Å². The predicted molar refractivity (Wildman–Crippen MR) is 120 cm³/mol. The van der Waals surface area contributed by atoms with Gasteiger partial charge in [-0.05, 0) is 43.7 Å². The van der Waals surface area contributed by atoms with Crippen molar-refractivity contribution in [1.29, 1.82) is 0 Å². The molecule has 0 bridgehead atoms. The van der Waals surface area contributed by atoms with E-state index in [-0.39, 0.29) is 6.42 Å². The van der Waals surface area contributed by atoms with Gasteiger partial charge in [-0.15, -0.1) is 0 Å². The maximum atomic E-state index is 13.2. The van der Waals surface area contributed by atoms with Gasteiger partial charge in [-0.2, -0.15) is 0 Å². The molecule has 0 radical (unpaired) electrons. The van der Waals surface area contributed by atoms with E-state index in [1.807, 2.05) is 26.0 Å². The summed E-state index contributed by atoms with van der Waals surface area (Å²) in [5.41, 5.74) is 1.92. The van der Waals surface area contributed by atoms with Crippen LogP contribution in [0.4, 0.5) is 5.69 Å². The highest BCUT2D eigenvalue weighted by Crippen LogP contribution is 2.35. The largest absolute Gasteiger partial charge is 0.493 e. The summed E-state index contributed by atoms with van der Waals surface area (Å²) in [5, 5.41) is 16.3. The summed E-state index contributed by atoms with van der Waals surface area (Å²) < 4.78 is 10.9. The molecule has 2 aromatic carbocycles. The first-order valence-electron chi connectivity index (χ1n) is 10.1. The molecule has 32 heavy (non-hydrogen) atoms. The lowest BCUT2D eigenvalue weighted by Gasteiger charge is -2.24. The van der Waals surface area contributed by atoms with Gasteiger partial charge < -0.3 is 24.7 Å². The molecule has 0 unspecified atom stereocenters. The van der Waals surface area contributed by atoms with Crippen LogP contribution in [0.15, 0.2) is 54.2 Å². The number of methoxy groups -OCH3 is 1. The molecule has 0 saturated heterocycles. The second kappa shape index (κ2) is 9.55. The minimum Gasteiger partial charge on any atom is -0.493 e. The molecule has 0 aromatic heterocycles. The lowest BCUT2D eigenvalue weighted by atomic mass is 9.89. The molecule has 3 rings (SSSR count). The minimum absolute atomic E-state index is 0.00788. The molecule has 0 spiro atoms. The number of hydrogen-bond donors (Lipinski definition) is 2. The third-order valence-corrected chi connectivity index (χ3v) is 5.12. The first kappa shape index (κ1) is 22.9. The van der Waals surface area contributed by atoms with Gasteiger partial charge in [0, 0.05) is 17.7 Å². The number of hydrogen-bond acceptors (Lipinski definition) is 6. The normalized spacial score (nSPS) is 17.2. The predicted octanol–water partition coefficient (Wildman–Crippen LogP) is 3.85. The van der Waals surface area contributed by atoms with Crippen molar-refractivity contribution >= 4 is 23.3 Å². The molecule has 168 valence electrons. The van der Waals surface area contributed by atoms with Crippen molar-refractivity contribution in [2.45, 2.75) is 32.3 Å². The number of anilines is 1. The molecule has 8 nitrogen and oxygen atoms in total. The van der Waals surface area contributed by atoms with Crippen LogP contribution in [0.25, 0.3) is 0 Å². The molecule has 1 aliphatic heterocycles. The Hall–Kier alpha value is -3.81. The third-order valence-electron chi connectivity index (χ3n) is 5.12. The average Bonchev–Trinajstić information content (AvgIpc) is 3.18. The highest BCUT2D eigenvalue weighted by molar-refractivity contribution is 6.09. The Morgan fingerprint density at radius 3 is 2.69 bits per heavy atom. The number of aryl methyl sites for hydroxylation is 2. The van der Waals surface area contributed by atoms with Gasteiger partial charge in [0.05, 0.1) is 19.2 Å². The Morgan fingerprint density at radius 2 is 2.03 bits per heavy atom. The SMILES string of the molecule is C=CCOc1ccc(C2=NO[C@@](CC(=O)O)(C(=O)Nc3ccc(C)cc3C)C2)cc1OC. The minimum atomic E-state index is -1.66. The molecule has 1 atom stereocenters. The standard InChI is InChI=1S/C24H26N2O6/c1-5-10-31-20-9-7-17(12-21(20)30-4)19-13-24(32-26-19,14-22(27)28)23(29)25-18-8-6-15(2)11-16(18)3/h5-9,11-12H,1,10,13-14H2,2-4H3,(H,25,29)(H,27,28)/t24-/m0/s1. The van der Waals surface area contributed by atoms with Gasteiger partial charge in [0.15, 0.2) is 11.5 Å². The zero-order valence-electron chi connectivity index (χ0n) is 18.3. The number of carboxylic acid groups (broad SMARTS) is 1. The van der Waals surface area contributed by atoms with Gasteiger partial charge in [-0.25, -0.2) is 0 Å². The van der Waals surface area contributed by atoms with E-state index in [4.69, 9.17) is 14.3 Å².